The molecule has 254 valence electrons. The van der Waals surface area contributed by atoms with Gasteiger partial charge in [0.25, 0.3) is 0 Å². The molecule has 0 unspecified atom stereocenters. The minimum Gasteiger partial charge on any atom is -0.384 e. The van der Waals surface area contributed by atoms with Crippen LogP contribution in [0.25, 0.3) is 11.4 Å². The van der Waals surface area contributed by atoms with Gasteiger partial charge in [0.05, 0.1) is 24.3 Å². The van der Waals surface area contributed by atoms with Gasteiger partial charge in [-0.05, 0) is 38.8 Å². The van der Waals surface area contributed by atoms with Gasteiger partial charge < -0.3 is 30.1 Å². The number of ether oxygens (including phenoxy) is 1. The van der Waals surface area contributed by atoms with E-state index in [9.17, 15) is 27.6 Å². The summed E-state index contributed by atoms with van der Waals surface area (Å²) in [7, 11) is 0. The summed E-state index contributed by atoms with van der Waals surface area (Å²) in [5.41, 5.74) is 5.19. The normalized spacial score (nSPS) is 17.9. The van der Waals surface area contributed by atoms with E-state index in [0.29, 0.717) is 78.4 Å². The summed E-state index contributed by atoms with van der Waals surface area (Å²) in [6.45, 7) is 7.91. The maximum Gasteiger partial charge on any atom is 0.417 e. The Morgan fingerprint density at radius 1 is 0.894 bits per heavy atom. The Morgan fingerprint density at radius 3 is 2.11 bits per heavy atom. The molecule has 5 rings (SSSR count). The van der Waals surface area contributed by atoms with Crippen molar-refractivity contribution in [2.75, 3.05) is 81.1 Å². The van der Waals surface area contributed by atoms with Gasteiger partial charge in [-0.25, -0.2) is 4.98 Å². The first-order valence-electron chi connectivity index (χ1n) is 15.8. The van der Waals surface area contributed by atoms with Crippen LogP contribution in [0.3, 0.4) is 0 Å². The highest BCUT2D eigenvalue weighted by Gasteiger charge is 2.36. The number of halogens is 3. The van der Waals surface area contributed by atoms with Crippen molar-refractivity contribution in [2.24, 2.45) is 5.92 Å². The molecule has 0 saturated carbocycles. The van der Waals surface area contributed by atoms with Crippen LogP contribution < -0.4 is 15.5 Å². The van der Waals surface area contributed by atoms with Crippen LogP contribution in [0.2, 0.25) is 0 Å². The molecule has 13 nitrogen and oxygen atoms in total. The molecule has 0 bridgehead atoms. The van der Waals surface area contributed by atoms with E-state index in [1.165, 1.54) is 0 Å². The number of morpholine rings is 1. The van der Waals surface area contributed by atoms with Gasteiger partial charge in [0, 0.05) is 77.3 Å². The number of pyridine rings is 1. The number of hydrogen-bond donors (Lipinski definition) is 1. The molecule has 47 heavy (non-hydrogen) atoms. The van der Waals surface area contributed by atoms with Crippen molar-refractivity contribution in [1.29, 1.82) is 0 Å². The summed E-state index contributed by atoms with van der Waals surface area (Å²) in [4.78, 5) is 62.5. The highest BCUT2D eigenvalue weighted by molar-refractivity contribution is 5.93. The molecule has 0 aromatic carbocycles. The molecule has 0 atom stereocenters. The molecule has 0 aliphatic carbocycles. The molecular weight excluding hydrogens is 619 g/mol. The van der Waals surface area contributed by atoms with E-state index in [0.717, 1.165) is 17.8 Å². The second-order valence-electron chi connectivity index (χ2n) is 12.2. The second-order valence-corrected chi connectivity index (χ2v) is 12.2. The van der Waals surface area contributed by atoms with E-state index in [1.54, 1.807) is 15.9 Å². The molecule has 5 heterocycles. The van der Waals surface area contributed by atoms with Crippen LogP contribution in [-0.4, -0.2) is 113 Å². The summed E-state index contributed by atoms with van der Waals surface area (Å²) in [5, 5.41) is 0. The Balaban J connectivity index is 1.24. The quantitative estimate of drug-likeness (QED) is 0.417. The van der Waals surface area contributed by atoms with Crippen LogP contribution in [0.1, 0.15) is 45.1 Å². The fraction of sp³-hybridized carbons (Fsp3) is 0.581. The summed E-state index contributed by atoms with van der Waals surface area (Å²) >= 11 is 0. The average molecular weight is 660 g/mol. The number of carbonyl (C=O) groups excluding carboxylic acids is 3. The van der Waals surface area contributed by atoms with Crippen molar-refractivity contribution >= 4 is 35.3 Å². The zero-order valence-corrected chi connectivity index (χ0v) is 26.6. The van der Waals surface area contributed by atoms with E-state index in [1.807, 2.05) is 23.6 Å². The molecule has 2 N–H and O–H groups in total. The van der Waals surface area contributed by atoms with Crippen molar-refractivity contribution in [3.05, 3.63) is 29.5 Å². The number of piperidine rings is 1. The number of alkyl halides is 3. The second kappa shape index (κ2) is 14.6. The van der Waals surface area contributed by atoms with Gasteiger partial charge in [-0.1, -0.05) is 5.57 Å². The Labute approximate surface area is 271 Å². The van der Waals surface area contributed by atoms with Crippen LogP contribution in [0.15, 0.2) is 23.9 Å². The van der Waals surface area contributed by atoms with Gasteiger partial charge >= 0.3 is 6.18 Å². The fourth-order valence-corrected chi connectivity index (χ4v) is 5.95. The van der Waals surface area contributed by atoms with Crippen molar-refractivity contribution in [1.82, 2.24) is 29.7 Å². The summed E-state index contributed by atoms with van der Waals surface area (Å²) < 4.78 is 47.4. The number of piperazine rings is 1. The molecule has 2 aromatic heterocycles. The van der Waals surface area contributed by atoms with E-state index < -0.39 is 11.7 Å². The van der Waals surface area contributed by atoms with Gasteiger partial charge in [0.1, 0.15) is 5.82 Å². The number of allylic oxidation sites excluding steroid dienone is 2. The summed E-state index contributed by atoms with van der Waals surface area (Å²) in [5.74, 6) is -0.336. The number of amides is 2. The monoisotopic (exact) mass is 659 g/mol. The van der Waals surface area contributed by atoms with Gasteiger partial charge in [-0.3, -0.25) is 14.4 Å². The zero-order chi connectivity index (χ0) is 33.7. The summed E-state index contributed by atoms with van der Waals surface area (Å²) in [6, 6.07) is 0.769. The first-order chi connectivity index (χ1) is 22.4. The number of nitrogen functional groups attached to an aromatic ring is 1. The van der Waals surface area contributed by atoms with E-state index >= 15 is 0 Å². The lowest BCUT2D eigenvalue weighted by molar-refractivity contribution is -0.141. The Bertz CT molecular complexity index is 1490. The number of aromatic nitrogens is 4. The first kappa shape index (κ1) is 34.0. The van der Waals surface area contributed by atoms with Crippen LogP contribution in [0.5, 0.6) is 0 Å². The molecular formula is C31H40F3N9O4. The van der Waals surface area contributed by atoms with E-state index in [2.05, 4.69) is 19.9 Å². The van der Waals surface area contributed by atoms with Crippen LogP contribution in [0.4, 0.5) is 30.9 Å². The smallest absolute Gasteiger partial charge is 0.384 e. The molecule has 16 heteroatoms. The third-order valence-electron chi connectivity index (χ3n) is 8.48. The lowest BCUT2D eigenvalue weighted by Gasteiger charge is -2.38. The van der Waals surface area contributed by atoms with Crippen LogP contribution in [0, 0.1) is 5.92 Å². The molecule has 3 saturated heterocycles. The molecule has 2 amide bonds. The Morgan fingerprint density at radius 2 is 1.51 bits per heavy atom. The molecule has 0 spiro atoms. The first-order valence-corrected chi connectivity index (χ1v) is 15.8. The fourth-order valence-electron chi connectivity index (χ4n) is 5.95. The Kier molecular flexibility index (Phi) is 10.6. The number of rotatable bonds is 8. The van der Waals surface area contributed by atoms with E-state index in [-0.39, 0.29) is 65.5 Å². The topological polar surface area (TPSA) is 151 Å². The van der Waals surface area contributed by atoms with Crippen molar-refractivity contribution in [3.63, 3.8) is 0 Å². The maximum atomic E-state index is 14.0. The molecule has 2 aromatic rings. The number of ketones is 1. The zero-order valence-electron chi connectivity index (χ0n) is 26.6. The summed E-state index contributed by atoms with van der Waals surface area (Å²) in [6.07, 6.45) is -0.723. The van der Waals surface area contributed by atoms with E-state index in [4.69, 9.17) is 10.5 Å². The number of likely N-dealkylation sites (tertiary alicyclic amines) is 1. The van der Waals surface area contributed by atoms with Gasteiger partial charge in [-0.2, -0.15) is 28.1 Å². The largest absolute Gasteiger partial charge is 0.417 e. The molecule has 0 radical (unpaired) electrons. The highest BCUT2D eigenvalue weighted by atomic mass is 19.4. The van der Waals surface area contributed by atoms with Crippen molar-refractivity contribution in [2.45, 2.75) is 45.7 Å². The van der Waals surface area contributed by atoms with Crippen LogP contribution >= 0.6 is 0 Å². The lowest BCUT2D eigenvalue weighted by atomic mass is 9.94. The lowest BCUT2D eigenvalue weighted by Crippen LogP contribution is -2.52. The minimum atomic E-state index is -4.71. The van der Waals surface area contributed by atoms with Gasteiger partial charge in [0.15, 0.2) is 11.6 Å². The maximum absolute atomic E-state index is 14.0. The number of nitrogens with two attached hydrogens (primary N) is 1. The third kappa shape index (κ3) is 8.53. The molecule has 3 fully saturated rings. The average Bonchev–Trinajstić information content (AvgIpc) is 3.06. The molecule has 3 aliphatic heterocycles. The number of hydrogen-bond acceptors (Lipinski definition) is 11. The number of anilines is 3. The van der Waals surface area contributed by atoms with Crippen LogP contribution in [-0.2, 0) is 25.3 Å². The predicted molar refractivity (Wildman–Crippen MR) is 167 cm³/mol. The SMILES string of the molecule is CC(C)=CC(=O)CCC(=O)N1CCC(C(=O)N2CCN(c3nc(-c4cnc(N)cc4C(F)(F)F)nc(N4CCOCC4)n3)CC2)CC1. The third-order valence-corrected chi connectivity index (χ3v) is 8.48. The number of nitrogens with zero attached hydrogens (tertiary/aromatic N) is 8. The van der Waals surface area contributed by atoms with Gasteiger partial charge in [-0.15, -0.1) is 0 Å². The highest BCUT2D eigenvalue weighted by Crippen LogP contribution is 2.37. The van der Waals surface area contributed by atoms with Gasteiger partial charge in [0.2, 0.25) is 23.7 Å². The predicted octanol–water partition coefficient (Wildman–Crippen LogP) is 2.57. The standard InChI is InChI=1S/C31H40F3N9O4/c1-20(2)17-22(44)3-4-26(45)40-7-5-21(6-8-40)28(46)41-9-11-42(12-10-41)29-37-27(38-30(39-29)43-13-15-47-16-14-43)23-19-36-25(35)18-24(23)31(32,33)34/h17-19,21H,3-16H2,1-2H3,(H2,35,36). The van der Waals surface area contributed by atoms with Crippen molar-refractivity contribution in [3.8, 4) is 11.4 Å². The minimum absolute atomic E-state index is 0.0172. The van der Waals surface area contributed by atoms with Crippen molar-refractivity contribution < 1.29 is 32.3 Å². The molecule has 3 aliphatic rings. The number of carbonyl (C=O) groups is 3. The Hall–Kier alpha value is -4.34.